The van der Waals surface area contributed by atoms with E-state index in [1.54, 1.807) is 18.0 Å². The van der Waals surface area contributed by atoms with Gasteiger partial charge in [-0.25, -0.2) is 4.79 Å². The van der Waals surface area contributed by atoms with Crippen LogP contribution in [0.3, 0.4) is 0 Å². The van der Waals surface area contributed by atoms with E-state index < -0.39 is 5.97 Å². The van der Waals surface area contributed by atoms with Crippen LogP contribution in [0.5, 0.6) is 0 Å². The second-order valence-electron chi connectivity index (χ2n) is 3.29. The minimum atomic E-state index is -0.540. The number of aromatic nitrogens is 2. The zero-order valence-electron chi connectivity index (χ0n) is 10.0. The van der Waals surface area contributed by atoms with Crippen molar-refractivity contribution in [1.82, 2.24) is 9.78 Å². The highest BCUT2D eigenvalue weighted by Gasteiger charge is 2.14. The minimum Gasteiger partial charge on any atom is -0.464 e. The van der Waals surface area contributed by atoms with E-state index in [4.69, 9.17) is 15.2 Å². The first-order valence-electron chi connectivity index (χ1n) is 5.17. The van der Waals surface area contributed by atoms with Crippen molar-refractivity contribution < 1.29 is 19.0 Å². The number of anilines is 1. The minimum absolute atomic E-state index is 0.129. The molecule has 7 heteroatoms. The third-order valence-electron chi connectivity index (χ3n) is 2.07. The van der Waals surface area contributed by atoms with Gasteiger partial charge in [0.1, 0.15) is 0 Å². The largest absolute Gasteiger partial charge is 0.464 e. The lowest BCUT2D eigenvalue weighted by molar-refractivity contribution is 0.0588. The van der Waals surface area contributed by atoms with E-state index in [9.17, 15) is 4.79 Å². The Balaban J connectivity index is 2.42. The van der Waals surface area contributed by atoms with E-state index in [0.29, 0.717) is 32.1 Å². The number of nitrogen functional groups attached to an aromatic ring is 1. The summed E-state index contributed by atoms with van der Waals surface area (Å²) in [5, 5.41) is 4.00. The van der Waals surface area contributed by atoms with Gasteiger partial charge in [0.2, 0.25) is 0 Å². The summed E-state index contributed by atoms with van der Waals surface area (Å²) in [6, 6.07) is 0. The molecule has 0 atom stereocenters. The van der Waals surface area contributed by atoms with Crippen LogP contribution in [0.25, 0.3) is 0 Å². The molecule has 0 fully saturated rings. The van der Waals surface area contributed by atoms with Crippen LogP contribution in [0.2, 0.25) is 0 Å². The number of hydrogen-bond acceptors (Lipinski definition) is 6. The van der Waals surface area contributed by atoms with Crippen LogP contribution in [0.15, 0.2) is 6.20 Å². The Morgan fingerprint density at radius 3 is 2.82 bits per heavy atom. The maximum absolute atomic E-state index is 11.2. The van der Waals surface area contributed by atoms with Gasteiger partial charge < -0.3 is 19.9 Å². The third kappa shape index (κ3) is 4.04. The zero-order chi connectivity index (χ0) is 12.7. The summed E-state index contributed by atoms with van der Waals surface area (Å²) in [5.41, 5.74) is 6.05. The molecule has 0 saturated heterocycles. The van der Waals surface area contributed by atoms with Crippen LogP contribution in [0.4, 0.5) is 5.69 Å². The zero-order valence-corrected chi connectivity index (χ0v) is 10.0. The number of ether oxygens (including phenoxy) is 3. The molecule has 0 amide bonds. The summed E-state index contributed by atoms with van der Waals surface area (Å²) in [6.45, 7) is 2.07. The predicted octanol–water partition coefficient (Wildman–Crippen LogP) is -0.0851. The molecule has 0 spiro atoms. The first-order chi connectivity index (χ1) is 8.19. The smallest absolute Gasteiger partial charge is 0.360 e. The predicted molar refractivity (Wildman–Crippen MR) is 60.7 cm³/mol. The first kappa shape index (κ1) is 13.5. The van der Waals surface area contributed by atoms with Gasteiger partial charge in [0.05, 0.1) is 39.2 Å². The van der Waals surface area contributed by atoms with Gasteiger partial charge >= 0.3 is 5.97 Å². The fourth-order valence-electron chi connectivity index (χ4n) is 1.21. The van der Waals surface area contributed by atoms with E-state index in [1.807, 2.05) is 0 Å². The standard InChI is InChI=1S/C10H17N3O4/c1-15-5-6-17-4-3-13-7-8(11)9(12-13)10(14)16-2/h7H,3-6,11H2,1-2H3. The second kappa shape index (κ2) is 6.87. The Hall–Kier alpha value is -1.60. The molecule has 17 heavy (non-hydrogen) atoms. The maximum atomic E-state index is 11.2. The SMILES string of the molecule is COCCOCCn1cc(N)c(C(=O)OC)n1. The summed E-state index contributed by atoms with van der Waals surface area (Å²) >= 11 is 0. The van der Waals surface area contributed by atoms with Gasteiger partial charge in [-0.1, -0.05) is 0 Å². The highest BCUT2D eigenvalue weighted by atomic mass is 16.5. The molecule has 96 valence electrons. The van der Waals surface area contributed by atoms with Crippen LogP contribution in [0.1, 0.15) is 10.5 Å². The van der Waals surface area contributed by atoms with Crippen LogP contribution < -0.4 is 5.73 Å². The maximum Gasteiger partial charge on any atom is 0.360 e. The quantitative estimate of drug-likeness (QED) is 0.532. The molecule has 0 aliphatic carbocycles. The molecule has 2 N–H and O–H groups in total. The van der Waals surface area contributed by atoms with Crippen molar-refractivity contribution in [3.05, 3.63) is 11.9 Å². The number of carbonyl (C=O) groups excluding carboxylic acids is 1. The topological polar surface area (TPSA) is 88.6 Å². The second-order valence-corrected chi connectivity index (χ2v) is 3.29. The summed E-state index contributed by atoms with van der Waals surface area (Å²) in [7, 11) is 2.90. The van der Waals surface area contributed by atoms with Gasteiger partial charge in [-0.3, -0.25) is 4.68 Å². The molecule has 1 aromatic rings. The molecule has 1 rings (SSSR count). The average Bonchev–Trinajstić information content (AvgIpc) is 2.69. The monoisotopic (exact) mass is 243 g/mol. The van der Waals surface area contributed by atoms with Crippen LogP contribution >= 0.6 is 0 Å². The Bertz CT molecular complexity index is 364. The Morgan fingerprint density at radius 2 is 2.18 bits per heavy atom. The van der Waals surface area contributed by atoms with Gasteiger partial charge in [0, 0.05) is 13.3 Å². The number of methoxy groups -OCH3 is 2. The number of esters is 1. The van der Waals surface area contributed by atoms with Crippen molar-refractivity contribution >= 4 is 11.7 Å². The van der Waals surface area contributed by atoms with Crippen molar-refractivity contribution in [2.75, 3.05) is 39.8 Å². The molecule has 0 radical (unpaired) electrons. The van der Waals surface area contributed by atoms with Crippen molar-refractivity contribution in [1.29, 1.82) is 0 Å². The third-order valence-corrected chi connectivity index (χ3v) is 2.07. The Morgan fingerprint density at radius 1 is 1.41 bits per heavy atom. The molecule has 7 nitrogen and oxygen atoms in total. The van der Waals surface area contributed by atoms with Gasteiger partial charge in [0.15, 0.2) is 5.69 Å². The highest BCUT2D eigenvalue weighted by molar-refractivity contribution is 5.92. The average molecular weight is 243 g/mol. The summed E-state index contributed by atoms with van der Waals surface area (Å²) in [5.74, 6) is -0.540. The molecular weight excluding hydrogens is 226 g/mol. The van der Waals surface area contributed by atoms with Gasteiger partial charge in [-0.15, -0.1) is 0 Å². The number of carbonyl (C=O) groups is 1. The van der Waals surface area contributed by atoms with Crippen molar-refractivity contribution in [2.24, 2.45) is 0 Å². The van der Waals surface area contributed by atoms with E-state index >= 15 is 0 Å². The Kier molecular flexibility index (Phi) is 5.44. The van der Waals surface area contributed by atoms with Gasteiger partial charge in [-0.2, -0.15) is 5.10 Å². The van der Waals surface area contributed by atoms with Crippen LogP contribution in [0, 0.1) is 0 Å². The number of nitrogens with zero attached hydrogens (tertiary/aromatic N) is 2. The fraction of sp³-hybridized carbons (Fsp3) is 0.600. The van der Waals surface area contributed by atoms with E-state index in [2.05, 4.69) is 9.84 Å². The first-order valence-corrected chi connectivity index (χ1v) is 5.17. The van der Waals surface area contributed by atoms with Crippen molar-refractivity contribution in [3.8, 4) is 0 Å². The lowest BCUT2D eigenvalue weighted by atomic mass is 10.4. The van der Waals surface area contributed by atoms with E-state index in [0.717, 1.165) is 0 Å². The summed E-state index contributed by atoms with van der Waals surface area (Å²) < 4.78 is 16.2. The Labute approximate surface area is 99.4 Å². The molecule has 0 aliphatic rings. The molecular formula is C10H17N3O4. The highest BCUT2D eigenvalue weighted by Crippen LogP contribution is 2.09. The number of hydrogen-bond donors (Lipinski definition) is 1. The molecule has 0 aliphatic heterocycles. The molecule has 0 saturated carbocycles. The molecule has 1 aromatic heterocycles. The fourth-order valence-corrected chi connectivity index (χ4v) is 1.21. The molecule has 0 unspecified atom stereocenters. The lowest BCUT2D eigenvalue weighted by Gasteiger charge is -2.03. The normalized spacial score (nSPS) is 10.5. The number of nitrogens with two attached hydrogens (primary N) is 1. The van der Waals surface area contributed by atoms with E-state index in [1.165, 1.54) is 7.11 Å². The lowest BCUT2D eigenvalue weighted by Crippen LogP contribution is -2.11. The number of rotatable bonds is 7. The molecule has 0 bridgehead atoms. The molecule has 0 aromatic carbocycles. The van der Waals surface area contributed by atoms with Crippen molar-refractivity contribution in [3.63, 3.8) is 0 Å². The van der Waals surface area contributed by atoms with Crippen LogP contribution in [-0.4, -0.2) is 49.8 Å². The summed E-state index contributed by atoms with van der Waals surface area (Å²) in [6.07, 6.45) is 1.58. The van der Waals surface area contributed by atoms with Crippen LogP contribution in [-0.2, 0) is 20.8 Å². The van der Waals surface area contributed by atoms with Crippen molar-refractivity contribution in [2.45, 2.75) is 6.54 Å². The van der Waals surface area contributed by atoms with Gasteiger partial charge in [0.25, 0.3) is 0 Å². The summed E-state index contributed by atoms with van der Waals surface area (Å²) in [4.78, 5) is 11.2. The van der Waals surface area contributed by atoms with E-state index in [-0.39, 0.29) is 5.69 Å². The van der Waals surface area contributed by atoms with Gasteiger partial charge in [-0.05, 0) is 0 Å². The molecule has 1 heterocycles.